The minimum absolute atomic E-state index is 0.681. The monoisotopic (exact) mass is 339 g/mol. The van der Waals surface area contributed by atoms with E-state index in [4.69, 9.17) is 11.6 Å². The Balaban J connectivity index is 1.79. The van der Waals surface area contributed by atoms with Gasteiger partial charge in [-0.05, 0) is 37.1 Å². The molecule has 0 atom stereocenters. The molecule has 3 aromatic rings. The normalized spacial score (nSPS) is 11.5. The van der Waals surface area contributed by atoms with E-state index in [-0.39, 0.29) is 0 Å². The summed E-state index contributed by atoms with van der Waals surface area (Å²) in [6, 6.07) is 16.3. The molecule has 0 bridgehead atoms. The molecule has 1 N–H and O–H groups in total. The van der Waals surface area contributed by atoms with Crippen LogP contribution in [0.5, 0.6) is 0 Å². The molecule has 0 radical (unpaired) electrons. The van der Waals surface area contributed by atoms with Gasteiger partial charge in [0.15, 0.2) is 0 Å². The highest BCUT2D eigenvalue weighted by molar-refractivity contribution is 6.30. The van der Waals surface area contributed by atoms with Crippen LogP contribution in [-0.4, -0.2) is 10.8 Å². The van der Waals surface area contributed by atoms with Gasteiger partial charge in [0.25, 0.3) is 0 Å². The molecule has 0 aliphatic carbocycles. The number of para-hydroxylation sites is 1. The smallest absolute Gasteiger partial charge is 0.0580 e. The van der Waals surface area contributed by atoms with Crippen molar-refractivity contribution in [2.24, 2.45) is 5.10 Å². The Hall–Kier alpha value is -2.26. The summed E-state index contributed by atoms with van der Waals surface area (Å²) in [6.07, 6.45) is 3.05. The third-order valence-corrected chi connectivity index (χ3v) is 4.46. The number of halogens is 1. The Morgan fingerprint density at radius 2 is 1.88 bits per heavy atom. The molecular weight excluding hydrogens is 318 g/mol. The zero-order valence-corrected chi connectivity index (χ0v) is 14.8. The number of fused-ring (bicyclic) bond motifs is 1. The Morgan fingerprint density at radius 3 is 2.62 bits per heavy atom. The number of aryl methyl sites for hydroxylation is 1. The zero-order valence-electron chi connectivity index (χ0n) is 14.1. The van der Waals surface area contributed by atoms with Gasteiger partial charge in [-0.15, -0.1) is 0 Å². The van der Waals surface area contributed by atoms with Crippen LogP contribution in [0.15, 0.2) is 53.6 Å². The topological polar surface area (TPSA) is 29.3 Å². The number of nitrogens with zero attached hydrogens (tertiary/aromatic N) is 2. The van der Waals surface area contributed by atoms with Gasteiger partial charge < -0.3 is 9.99 Å². The first-order valence-electron chi connectivity index (χ1n) is 8.29. The summed E-state index contributed by atoms with van der Waals surface area (Å²) in [5, 5.41) is 6.42. The second-order valence-electron chi connectivity index (χ2n) is 5.89. The van der Waals surface area contributed by atoms with Crippen LogP contribution in [0.4, 0.5) is 0 Å². The highest BCUT2D eigenvalue weighted by Crippen LogP contribution is 2.24. The Morgan fingerprint density at radius 1 is 1.12 bits per heavy atom. The van der Waals surface area contributed by atoms with E-state index in [1.807, 2.05) is 30.5 Å². The molecule has 124 valence electrons. The molecule has 4 heteroatoms. The van der Waals surface area contributed by atoms with E-state index < -0.39 is 0 Å². The maximum Gasteiger partial charge on any atom is 0.0580 e. The fourth-order valence-electron chi connectivity index (χ4n) is 2.98. The van der Waals surface area contributed by atoms with Gasteiger partial charge in [-0.1, -0.05) is 48.9 Å². The highest BCUT2D eigenvalue weighted by Gasteiger charge is 2.11. The van der Waals surface area contributed by atoms with Crippen molar-refractivity contribution in [2.45, 2.75) is 33.4 Å². The van der Waals surface area contributed by atoms with Crippen molar-refractivity contribution in [3.8, 4) is 0 Å². The molecular formula is C20H22ClN3. The third kappa shape index (κ3) is 3.46. The van der Waals surface area contributed by atoms with E-state index in [9.17, 15) is 0 Å². The van der Waals surface area contributed by atoms with Crippen molar-refractivity contribution < 1.29 is 0 Å². The number of nitrogens with one attached hydrogen (secondary N) is 1. The fourth-order valence-corrected chi connectivity index (χ4v) is 3.11. The lowest BCUT2D eigenvalue weighted by molar-refractivity contribution is 0.685. The minimum atomic E-state index is 0.681. The van der Waals surface area contributed by atoms with Crippen molar-refractivity contribution in [2.75, 3.05) is 0 Å². The van der Waals surface area contributed by atoms with E-state index in [1.54, 1.807) is 0 Å². The summed E-state index contributed by atoms with van der Waals surface area (Å²) >= 11 is 5.90. The summed E-state index contributed by atoms with van der Waals surface area (Å²) in [6.45, 7) is 6.07. The third-order valence-electron chi connectivity index (χ3n) is 4.21. The molecule has 3 nitrogen and oxygen atoms in total. The lowest BCUT2D eigenvalue weighted by Gasteiger charge is -2.05. The van der Waals surface area contributed by atoms with Gasteiger partial charge in [0.1, 0.15) is 0 Å². The van der Waals surface area contributed by atoms with Crippen LogP contribution in [0.1, 0.15) is 30.2 Å². The lowest BCUT2D eigenvalue weighted by atomic mass is 10.1. The number of hydrogen-bond donors (Lipinski definition) is 1. The van der Waals surface area contributed by atoms with Crippen molar-refractivity contribution in [1.29, 1.82) is 0 Å². The highest BCUT2D eigenvalue weighted by atomic mass is 35.5. The van der Waals surface area contributed by atoms with Gasteiger partial charge in [-0.3, -0.25) is 0 Å². The largest absolute Gasteiger partial charge is 0.344 e. The first kappa shape index (κ1) is 16.6. The Bertz CT molecular complexity index is 847. The van der Waals surface area contributed by atoms with Crippen LogP contribution < -0.4 is 5.43 Å². The molecule has 2 aromatic carbocycles. The maximum atomic E-state index is 5.90. The zero-order chi connectivity index (χ0) is 16.9. The summed E-state index contributed by atoms with van der Waals surface area (Å²) in [7, 11) is 0. The Kier molecular flexibility index (Phi) is 5.21. The number of aromatic nitrogens is 1. The lowest BCUT2D eigenvalue weighted by Crippen LogP contribution is -2.06. The average Bonchev–Trinajstić information content (AvgIpc) is 2.86. The van der Waals surface area contributed by atoms with Gasteiger partial charge in [-0.25, -0.2) is 0 Å². The molecule has 1 aromatic heterocycles. The van der Waals surface area contributed by atoms with E-state index >= 15 is 0 Å². The molecule has 3 rings (SSSR count). The molecule has 0 fully saturated rings. The predicted octanol–water partition coefficient (Wildman–Crippen LogP) is 5.14. The molecule has 0 amide bonds. The molecule has 0 saturated carbocycles. The van der Waals surface area contributed by atoms with Crippen molar-refractivity contribution >= 4 is 28.7 Å². The van der Waals surface area contributed by atoms with Gasteiger partial charge in [-0.2, -0.15) is 5.10 Å². The summed E-state index contributed by atoms with van der Waals surface area (Å²) in [5.74, 6) is 0. The van der Waals surface area contributed by atoms with Crippen molar-refractivity contribution in [3.63, 3.8) is 0 Å². The van der Waals surface area contributed by atoms with Gasteiger partial charge in [0.2, 0.25) is 0 Å². The van der Waals surface area contributed by atoms with Crippen molar-refractivity contribution in [1.82, 2.24) is 9.99 Å². The van der Waals surface area contributed by atoms with E-state index in [0.717, 1.165) is 23.6 Å². The summed E-state index contributed by atoms with van der Waals surface area (Å²) < 4.78 is 2.37. The molecule has 0 unspecified atom stereocenters. The number of hydrogen-bond acceptors (Lipinski definition) is 2. The van der Waals surface area contributed by atoms with E-state index in [0.29, 0.717) is 6.54 Å². The standard InChI is InChI=1S/C20H22ClN3/c1-3-12-24-15(2)19(18-6-4-5-7-20(18)24)14-23-22-13-16-8-10-17(21)11-9-16/h4-11,14,22H,3,12-13H2,1-2H3/b23-14-. The number of hydrazone groups is 1. The average molecular weight is 340 g/mol. The summed E-state index contributed by atoms with van der Waals surface area (Å²) in [4.78, 5) is 0. The molecule has 0 aliphatic heterocycles. The molecule has 0 aliphatic rings. The quantitative estimate of drug-likeness (QED) is 0.489. The molecule has 0 spiro atoms. The van der Waals surface area contributed by atoms with E-state index in [2.05, 4.69) is 53.2 Å². The fraction of sp³-hybridized carbons (Fsp3) is 0.250. The second-order valence-corrected chi connectivity index (χ2v) is 6.32. The van der Waals surface area contributed by atoms with Crippen LogP contribution in [0.25, 0.3) is 10.9 Å². The number of benzene rings is 2. The molecule has 1 heterocycles. The van der Waals surface area contributed by atoms with Gasteiger partial charge in [0.05, 0.1) is 12.8 Å². The first-order chi connectivity index (χ1) is 11.7. The van der Waals surface area contributed by atoms with Crippen LogP contribution in [0.3, 0.4) is 0 Å². The second kappa shape index (κ2) is 7.54. The van der Waals surface area contributed by atoms with Crippen LogP contribution in [-0.2, 0) is 13.1 Å². The SMILES string of the molecule is CCCn1c(C)c(/C=N\NCc2ccc(Cl)cc2)c2ccccc21. The minimum Gasteiger partial charge on any atom is -0.344 e. The van der Waals surface area contributed by atoms with Crippen LogP contribution >= 0.6 is 11.6 Å². The Labute approximate surface area is 147 Å². The van der Waals surface area contributed by atoms with Gasteiger partial charge in [0, 0.05) is 33.7 Å². The molecule has 24 heavy (non-hydrogen) atoms. The van der Waals surface area contributed by atoms with Crippen molar-refractivity contribution in [3.05, 3.63) is 70.4 Å². The predicted molar refractivity (Wildman–Crippen MR) is 103 cm³/mol. The first-order valence-corrected chi connectivity index (χ1v) is 8.66. The number of rotatable bonds is 6. The van der Waals surface area contributed by atoms with Crippen LogP contribution in [0.2, 0.25) is 5.02 Å². The molecule has 0 saturated heterocycles. The van der Waals surface area contributed by atoms with Crippen LogP contribution in [0, 0.1) is 6.92 Å². The van der Waals surface area contributed by atoms with E-state index in [1.165, 1.54) is 22.2 Å². The maximum absolute atomic E-state index is 5.90. The van der Waals surface area contributed by atoms with Gasteiger partial charge >= 0.3 is 0 Å². The summed E-state index contributed by atoms with van der Waals surface area (Å²) in [5.41, 5.74) is 7.99.